The Bertz CT molecular complexity index is 787. The van der Waals surface area contributed by atoms with Crippen molar-refractivity contribution in [2.24, 2.45) is 0 Å². The van der Waals surface area contributed by atoms with Crippen molar-refractivity contribution in [2.45, 2.75) is 25.3 Å². The molecule has 3 heterocycles. The van der Waals surface area contributed by atoms with Gasteiger partial charge >= 0.3 is 0 Å². The minimum absolute atomic E-state index is 0.0490. The van der Waals surface area contributed by atoms with Crippen molar-refractivity contribution in [3.63, 3.8) is 0 Å². The molecule has 0 radical (unpaired) electrons. The summed E-state index contributed by atoms with van der Waals surface area (Å²) in [7, 11) is 2.19. The largest absolute Gasteiger partial charge is 0.494 e. The highest BCUT2D eigenvalue weighted by Crippen LogP contribution is 2.24. The molecule has 1 fully saturated rings. The Morgan fingerprint density at radius 3 is 2.88 bits per heavy atom. The molecule has 0 aliphatic carbocycles. The van der Waals surface area contributed by atoms with Crippen LogP contribution >= 0.6 is 0 Å². The van der Waals surface area contributed by atoms with Gasteiger partial charge < -0.3 is 19.5 Å². The number of aromatic nitrogens is 1. The quantitative estimate of drug-likeness (QED) is 0.852. The van der Waals surface area contributed by atoms with E-state index in [-0.39, 0.29) is 5.91 Å². The summed E-state index contributed by atoms with van der Waals surface area (Å²) in [5.74, 6) is 0.918. The summed E-state index contributed by atoms with van der Waals surface area (Å²) in [6.07, 6.45) is 7.67. The summed E-state index contributed by atoms with van der Waals surface area (Å²) >= 11 is 0. The van der Waals surface area contributed by atoms with Crippen molar-refractivity contribution in [2.75, 3.05) is 33.3 Å². The normalized spacial score (nSPS) is 20.7. The first kappa shape index (κ1) is 16.2. The number of rotatable bonds is 5. The fourth-order valence-corrected chi connectivity index (χ4v) is 3.79. The molecular formula is C20H25N3O2. The van der Waals surface area contributed by atoms with Crippen LogP contribution in [0.15, 0.2) is 36.4 Å². The second kappa shape index (κ2) is 6.92. The molecule has 1 unspecified atom stereocenters. The number of hydrogen-bond acceptors (Lipinski definition) is 3. The molecule has 1 aromatic heterocycles. The Labute approximate surface area is 148 Å². The fourth-order valence-electron chi connectivity index (χ4n) is 3.79. The van der Waals surface area contributed by atoms with Crippen molar-refractivity contribution in [3.8, 4) is 5.75 Å². The molecule has 4 rings (SSSR count). The molecule has 0 bridgehead atoms. The number of H-pyrrole nitrogens is 1. The van der Waals surface area contributed by atoms with Crippen LogP contribution in [0.3, 0.4) is 0 Å². The molecule has 2 aliphatic rings. The maximum absolute atomic E-state index is 12.5. The highest BCUT2D eigenvalue weighted by atomic mass is 16.5. The molecule has 132 valence electrons. The number of aromatic amines is 1. The van der Waals surface area contributed by atoms with E-state index in [4.69, 9.17) is 4.74 Å². The smallest absolute Gasteiger partial charge is 0.270 e. The van der Waals surface area contributed by atoms with Crippen LogP contribution in [0.5, 0.6) is 5.75 Å². The van der Waals surface area contributed by atoms with Crippen LogP contribution in [0.25, 0.3) is 10.9 Å². The van der Waals surface area contributed by atoms with E-state index in [1.165, 1.54) is 19.4 Å². The van der Waals surface area contributed by atoms with Crippen molar-refractivity contribution < 1.29 is 9.53 Å². The van der Waals surface area contributed by atoms with Crippen LogP contribution in [0.2, 0.25) is 0 Å². The first-order valence-corrected chi connectivity index (χ1v) is 9.11. The minimum Gasteiger partial charge on any atom is -0.494 e. The van der Waals surface area contributed by atoms with Gasteiger partial charge in [0.2, 0.25) is 0 Å². The Balaban J connectivity index is 1.40. The monoisotopic (exact) mass is 339 g/mol. The number of nitrogens with one attached hydrogen (secondary N) is 1. The highest BCUT2D eigenvalue weighted by Gasteiger charge is 2.21. The van der Waals surface area contributed by atoms with Gasteiger partial charge in [0.1, 0.15) is 11.4 Å². The van der Waals surface area contributed by atoms with Gasteiger partial charge in [-0.3, -0.25) is 4.79 Å². The Kier molecular flexibility index (Phi) is 4.49. The van der Waals surface area contributed by atoms with Crippen LogP contribution in [-0.4, -0.2) is 60.0 Å². The molecule has 25 heavy (non-hydrogen) atoms. The third kappa shape index (κ3) is 3.42. The van der Waals surface area contributed by atoms with E-state index >= 15 is 0 Å². The summed E-state index contributed by atoms with van der Waals surface area (Å²) in [5, 5.41) is 1.02. The molecule has 2 aliphatic heterocycles. The van der Waals surface area contributed by atoms with Crippen molar-refractivity contribution in [1.29, 1.82) is 0 Å². The highest BCUT2D eigenvalue weighted by molar-refractivity contribution is 5.98. The molecule has 1 aromatic carbocycles. The fraction of sp³-hybridized carbons (Fsp3) is 0.450. The second-order valence-electron chi connectivity index (χ2n) is 7.03. The second-order valence-corrected chi connectivity index (χ2v) is 7.03. The Hall–Kier alpha value is -2.27. The summed E-state index contributed by atoms with van der Waals surface area (Å²) < 4.78 is 5.95. The lowest BCUT2D eigenvalue weighted by atomic mass is 10.1. The van der Waals surface area contributed by atoms with Gasteiger partial charge in [-0.1, -0.05) is 12.2 Å². The molecule has 1 atom stereocenters. The molecule has 0 spiro atoms. The number of benzene rings is 1. The third-order valence-electron chi connectivity index (χ3n) is 5.32. The van der Waals surface area contributed by atoms with Gasteiger partial charge in [0.15, 0.2) is 0 Å². The molecular weight excluding hydrogens is 314 g/mol. The number of nitrogens with zero attached hydrogens (tertiary/aromatic N) is 2. The van der Waals surface area contributed by atoms with Crippen LogP contribution in [-0.2, 0) is 0 Å². The van der Waals surface area contributed by atoms with Crippen LogP contribution < -0.4 is 4.74 Å². The SMILES string of the molecule is CN1CCCC1CCOc1ccc2[nH]c(C(=O)N3CC=CC3)cc2c1. The predicted molar refractivity (Wildman–Crippen MR) is 99.1 cm³/mol. The zero-order chi connectivity index (χ0) is 17.2. The average Bonchev–Trinajstić information content (AvgIpc) is 3.34. The number of carbonyl (C=O) groups is 1. The van der Waals surface area contributed by atoms with Crippen molar-refractivity contribution >= 4 is 16.8 Å². The molecule has 0 saturated carbocycles. The van der Waals surface area contributed by atoms with Gasteiger partial charge in [-0.2, -0.15) is 0 Å². The Morgan fingerprint density at radius 2 is 2.12 bits per heavy atom. The Morgan fingerprint density at radius 1 is 1.28 bits per heavy atom. The van der Waals surface area contributed by atoms with Gasteiger partial charge in [0, 0.05) is 30.0 Å². The topological polar surface area (TPSA) is 48.6 Å². The van der Waals surface area contributed by atoms with Gasteiger partial charge in [-0.15, -0.1) is 0 Å². The molecule has 5 nitrogen and oxygen atoms in total. The van der Waals surface area contributed by atoms with Crippen LogP contribution in [0.4, 0.5) is 0 Å². The van der Waals surface area contributed by atoms with Crippen molar-refractivity contribution in [1.82, 2.24) is 14.8 Å². The van der Waals surface area contributed by atoms with Gasteiger partial charge in [0.05, 0.1) is 6.61 Å². The standard InChI is InChI=1S/C20H25N3O2/c1-22-9-4-5-16(22)8-12-25-17-6-7-18-15(13-17)14-19(21-18)20(24)23-10-2-3-11-23/h2-3,6-7,13-14,16,21H,4-5,8-12H2,1H3. The number of carbonyl (C=O) groups excluding carboxylic acids is 1. The molecule has 5 heteroatoms. The van der Waals surface area contributed by atoms with Gasteiger partial charge in [-0.05, 0) is 57.1 Å². The first-order chi connectivity index (χ1) is 12.2. The van der Waals surface area contributed by atoms with Gasteiger partial charge in [-0.25, -0.2) is 0 Å². The molecule has 1 N–H and O–H groups in total. The predicted octanol–water partition coefficient (Wildman–Crippen LogP) is 3.04. The van der Waals surface area contributed by atoms with E-state index in [0.717, 1.165) is 29.7 Å². The number of likely N-dealkylation sites (tertiary alicyclic amines) is 1. The first-order valence-electron chi connectivity index (χ1n) is 9.11. The average molecular weight is 339 g/mol. The minimum atomic E-state index is 0.0490. The summed E-state index contributed by atoms with van der Waals surface area (Å²) in [5.41, 5.74) is 1.61. The van der Waals surface area contributed by atoms with E-state index in [1.807, 2.05) is 41.3 Å². The number of amides is 1. The zero-order valence-electron chi connectivity index (χ0n) is 14.7. The summed E-state index contributed by atoms with van der Waals surface area (Å²) in [4.78, 5) is 19.9. The molecule has 2 aromatic rings. The number of hydrogen-bond donors (Lipinski definition) is 1. The van der Waals surface area contributed by atoms with Crippen LogP contribution in [0.1, 0.15) is 29.8 Å². The maximum Gasteiger partial charge on any atom is 0.270 e. The third-order valence-corrected chi connectivity index (χ3v) is 5.32. The van der Waals surface area contributed by atoms with E-state index in [1.54, 1.807) is 0 Å². The van der Waals surface area contributed by atoms with E-state index in [2.05, 4.69) is 16.9 Å². The van der Waals surface area contributed by atoms with Crippen LogP contribution in [0, 0.1) is 0 Å². The lowest BCUT2D eigenvalue weighted by Crippen LogP contribution is -2.28. The molecule has 1 amide bonds. The summed E-state index contributed by atoms with van der Waals surface area (Å²) in [6.45, 7) is 3.32. The number of ether oxygens (including phenoxy) is 1. The van der Waals surface area contributed by atoms with Gasteiger partial charge in [0.25, 0.3) is 5.91 Å². The maximum atomic E-state index is 12.5. The van der Waals surface area contributed by atoms with E-state index < -0.39 is 0 Å². The zero-order valence-corrected chi connectivity index (χ0v) is 14.7. The lowest BCUT2D eigenvalue weighted by molar-refractivity contribution is 0.0795. The van der Waals surface area contributed by atoms with E-state index in [9.17, 15) is 4.79 Å². The number of fused-ring (bicyclic) bond motifs is 1. The molecule has 1 saturated heterocycles. The summed E-state index contributed by atoms with van der Waals surface area (Å²) in [6, 6.07) is 8.56. The van der Waals surface area contributed by atoms with E-state index in [0.29, 0.717) is 24.8 Å². The van der Waals surface area contributed by atoms with Crippen molar-refractivity contribution in [3.05, 3.63) is 42.1 Å². The lowest BCUT2D eigenvalue weighted by Gasteiger charge is -2.19.